The van der Waals surface area contributed by atoms with Gasteiger partial charge in [-0.2, -0.15) is 0 Å². The van der Waals surface area contributed by atoms with Crippen LogP contribution in [0.1, 0.15) is 120 Å². The Hall–Kier alpha value is -0.120. The molecule has 0 aromatic heterocycles. The second kappa shape index (κ2) is 7.47. The van der Waals surface area contributed by atoms with E-state index < -0.39 is 5.60 Å². The van der Waals surface area contributed by atoms with E-state index in [0.717, 1.165) is 25.2 Å². The quantitative estimate of drug-likeness (QED) is 0.453. The zero-order chi connectivity index (χ0) is 25.1. The first kappa shape index (κ1) is 25.5. The second-order valence-electron chi connectivity index (χ2n) is 15.9. The summed E-state index contributed by atoms with van der Waals surface area (Å²) in [4.78, 5) is 0. The molecule has 0 bridgehead atoms. The molecule has 5 aliphatic rings. The highest BCUT2D eigenvalue weighted by Gasteiger charge is 2.71. The maximum Gasteiger partial charge on any atom is 0.0865 e. The maximum absolute atomic E-state index is 10.9. The minimum absolute atomic E-state index is 0.0187. The van der Waals surface area contributed by atoms with E-state index in [1.54, 1.807) is 0 Å². The molecule has 0 aromatic rings. The number of hydrogen-bond acceptors (Lipinski definition) is 3. The first-order valence-corrected chi connectivity index (χ1v) is 14.6. The van der Waals surface area contributed by atoms with E-state index in [0.29, 0.717) is 39.9 Å². The Labute approximate surface area is 209 Å². The Balaban J connectivity index is 1.48. The van der Waals surface area contributed by atoms with Crippen molar-refractivity contribution in [1.82, 2.24) is 0 Å². The van der Waals surface area contributed by atoms with Crippen LogP contribution in [0, 0.1) is 51.2 Å². The van der Waals surface area contributed by atoms with Crippen LogP contribution in [-0.4, -0.2) is 33.6 Å². The molecule has 34 heavy (non-hydrogen) atoms. The first-order valence-electron chi connectivity index (χ1n) is 14.6. The fourth-order valence-electron chi connectivity index (χ4n) is 11.5. The lowest BCUT2D eigenvalue weighted by molar-refractivity contribution is -0.238. The van der Waals surface area contributed by atoms with Crippen molar-refractivity contribution in [2.24, 2.45) is 51.2 Å². The van der Waals surface area contributed by atoms with E-state index in [1.165, 1.54) is 38.5 Å². The van der Waals surface area contributed by atoms with Gasteiger partial charge in [-0.15, -0.1) is 0 Å². The molecule has 196 valence electrons. The highest BCUT2D eigenvalue weighted by atomic mass is 16.5. The van der Waals surface area contributed by atoms with Crippen molar-refractivity contribution in [1.29, 1.82) is 0 Å². The molecule has 5 fully saturated rings. The molecule has 3 heteroatoms. The van der Waals surface area contributed by atoms with Gasteiger partial charge in [0.25, 0.3) is 0 Å². The standard InChI is InChI=1S/C31H54O3/c1-19-18-22-28(6)14-12-23(32)26(2,3)21(28)11-16-29(22,7)30(8)15-10-20(25(19)30)31(9)17-13-24(34-31)27(4,5)33/h19-25,32-33H,10-18H2,1-9H3. The van der Waals surface area contributed by atoms with E-state index in [9.17, 15) is 10.2 Å². The van der Waals surface area contributed by atoms with Gasteiger partial charge in [0.2, 0.25) is 0 Å². The highest BCUT2D eigenvalue weighted by molar-refractivity contribution is 5.19. The van der Waals surface area contributed by atoms with E-state index >= 15 is 0 Å². The van der Waals surface area contributed by atoms with Crippen LogP contribution in [0.3, 0.4) is 0 Å². The smallest absolute Gasteiger partial charge is 0.0865 e. The van der Waals surface area contributed by atoms with Crippen LogP contribution in [0.2, 0.25) is 0 Å². The predicted octanol–water partition coefficient (Wildman–Crippen LogP) is 6.99. The Morgan fingerprint density at radius 2 is 1.44 bits per heavy atom. The monoisotopic (exact) mass is 474 g/mol. The average Bonchev–Trinajstić information content (AvgIpc) is 3.30. The predicted molar refractivity (Wildman–Crippen MR) is 138 cm³/mol. The van der Waals surface area contributed by atoms with Gasteiger partial charge in [0.05, 0.1) is 23.4 Å². The number of rotatable bonds is 2. The lowest BCUT2D eigenvalue weighted by atomic mass is 9.34. The Morgan fingerprint density at radius 1 is 0.794 bits per heavy atom. The topological polar surface area (TPSA) is 49.7 Å². The Kier molecular flexibility index (Phi) is 5.61. The largest absolute Gasteiger partial charge is 0.393 e. The van der Waals surface area contributed by atoms with Crippen molar-refractivity contribution in [3.05, 3.63) is 0 Å². The van der Waals surface area contributed by atoms with E-state index in [-0.39, 0.29) is 23.2 Å². The molecular weight excluding hydrogens is 420 g/mol. The normalized spacial score (nSPS) is 57.1. The Morgan fingerprint density at radius 3 is 2.06 bits per heavy atom. The van der Waals surface area contributed by atoms with Crippen LogP contribution >= 0.6 is 0 Å². The van der Waals surface area contributed by atoms with Crippen molar-refractivity contribution in [3.63, 3.8) is 0 Å². The first-order chi connectivity index (χ1) is 15.5. The Bertz CT molecular complexity index is 814. The molecule has 0 radical (unpaired) electrons. The molecule has 2 N–H and O–H groups in total. The average molecular weight is 475 g/mol. The minimum atomic E-state index is -0.764. The molecule has 1 saturated heterocycles. The number of fused-ring (bicyclic) bond motifs is 5. The van der Waals surface area contributed by atoms with Crippen molar-refractivity contribution in [2.75, 3.05) is 0 Å². The van der Waals surface area contributed by atoms with Gasteiger partial charge in [0.1, 0.15) is 0 Å². The maximum atomic E-state index is 10.9. The van der Waals surface area contributed by atoms with Crippen LogP contribution < -0.4 is 0 Å². The number of ether oxygens (including phenoxy) is 1. The van der Waals surface area contributed by atoms with Crippen molar-refractivity contribution in [2.45, 2.75) is 144 Å². The molecule has 11 atom stereocenters. The molecule has 1 aliphatic heterocycles. The van der Waals surface area contributed by atoms with Crippen molar-refractivity contribution < 1.29 is 14.9 Å². The zero-order valence-corrected chi connectivity index (χ0v) is 23.7. The summed E-state index contributed by atoms with van der Waals surface area (Å²) in [6, 6.07) is 0. The van der Waals surface area contributed by atoms with Crippen LogP contribution in [0.15, 0.2) is 0 Å². The van der Waals surface area contributed by atoms with Gasteiger partial charge in [-0.25, -0.2) is 0 Å². The highest BCUT2D eigenvalue weighted by Crippen LogP contribution is 2.77. The van der Waals surface area contributed by atoms with E-state index in [2.05, 4.69) is 48.5 Å². The van der Waals surface area contributed by atoms with Crippen LogP contribution in [0.5, 0.6) is 0 Å². The van der Waals surface area contributed by atoms with Gasteiger partial charge in [0, 0.05) is 0 Å². The summed E-state index contributed by atoms with van der Waals surface area (Å²) in [5.74, 6) is 3.34. The summed E-state index contributed by atoms with van der Waals surface area (Å²) in [5.41, 5.74) is 0.171. The lowest BCUT2D eigenvalue weighted by Crippen LogP contribution is -2.65. The molecule has 1 heterocycles. The van der Waals surface area contributed by atoms with Crippen LogP contribution in [0.4, 0.5) is 0 Å². The molecule has 3 nitrogen and oxygen atoms in total. The third-order valence-corrected chi connectivity index (χ3v) is 13.6. The minimum Gasteiger partial charge on any atom is -0.393 e. The molecular formula is C31H54O3. The third-order valence-electron chi connectivity index (χ3n) is 13.6. The SMILES string of the molecule is CC1CC2C3(C)CCC(O)C(C)(C)C3CCC2(C)C2(C)CCC(C3(C)CCC(C(C)(C)O)O3)C12. The summed E-state index contributed by atoms with van der Waals surface area (Å²) in [6.45, 7) is 21.4. The van der Waals surface area contributed by atoms with E-state index in [4.69, 9.17) is 4.74 Å². The molecule has 4 aliphatic carbocycles. The fraction of sp³-hybridized carbons (Fsp3) is 1.00. The molecule has 11 unspecified atom stereocenters. The van der Waals surface area contributed by atoms with Crippen LogP contribution in [0.25, 0.3) is 0 Å². The number of aliphatic hydroxyl groups is 2. The molecule has 4 saturated carbocycles. The van der Waals surface area contributed by atoms with Gasteiger partial charge in [-0.3, -0.25) is 0 Å². The summed E-state index contributed by atoms with van der Waals surface area (Å²) in [5, 5.41) is 21.6. The molecule has 5 rings (SSSR count). The van der Waals surface area contributed by atoms with Gasteiger partial charge in [0.15, 0.2) is 0 Å². The third kappa shape index (κ3) is 3.17. The number of hydrogen-bond donors (Lipinski definition) is 2. The fourth-order valence-corrected chi connectivity index (χ4v) is 11.5. The second-order valence-corrected chi connectivity index (χ2v) is 15.9. The van der Waals surface area contributed by atoms with Gasteiger partial charge in [-0.1, -0.05) is 41.5 Å². The molecule has 0 spiro atoms. The zero-order valence-electron chi connectivity index (χ0n) is 23.7. The van der Waals surface area contributed by atoms with Crippen molar-refractivity contribution in [3.8, 4) is 0 Å². The lowest BCUT2D eigenvalue weighted by Gasteiger charge is -2.71. The van der Waals surface area contributed by atoms with E-state index in [1.807, 2.05) is 13.8 Å². The summed E-state index contributed by atoms with van der Waals surface area (Å²) >= 11 is 0. The van der Waals surface area contributed by atoms with Crippen molar-refractivity contribution >= 4 is 0 Å². The summed E-state index contributed by atoms with van der Waals surface area (Å²) in [7, 11) is 0. The van der Waals surface area contributed by atoms with Gasteiger partial charge < -0.3 is 14.9 Å². The van der Waals surface area contributed by atoms with Crippen LogP contribution in [-0.2, 0) is 4.74 Å². The van der Waals surface area contributed by atoms with Gasteiger partial charge in [-0.05, 0) is 130 Å². The summed E-state index contributed by atoms with van der Waals surface area (Å²) < 4.78 is 6.78. The summed E-state index contributed by atoms with van der Waals surface area (Å²) in [6.07, 6.45) is 10.5. The van der Waals surface area contributed by atoms with Gasteiger partial charge >= 0.3 is 0 Å². The molecule has 0 amide bonds. The number of aliphatic hydroxyl groups excluding tert-OH is 1. The molecule has 0 aromatic carbocycles.